The van der Waals surface area contributed by atoms with Crippen LogP contribution >= 0.6 is 0 Å². The normalized spacial score (nSPS) is 10.2. The van der Waals surface area contributed by atoms with Crippen molar-refractivity contribution in [2.75, 3.05) is 23.3 Å². The SMILES string of the molecule is CCCCN(CC)c1ncc(NC(C)=O)cc1C(=O)O. The minimum atomic E-state index is -1.05. The Bertz CT molecular complexity index is 489. The summed E-state index contributed by atoms with van der Waals surface area (Å²) in [6, 6.07) is 1.45. The summed E-state index contributed by atoms with van der Waals surface area (Å²) in [4.78, 5) is 28.5. The molecule has 6 nitrogen and oxygen atoms in total. The number of amides is 1. The maximum atomic E-state index is 11.4. The number of carboxylic acids is 1. The highest BCUT2D eigenvalue weighted by atomic mass is 16.4. The molecule has 1 aromatic rings. The number of carbonyl (C=O) groups is 2. The maximum absolute atomic E-state index is 11.4. The number of hydrogen-bond acceptors (Lipinski definition) is 4. The summed E-state index contributed by atoms with van der Waals surface area (Å²) in [7, 11) is 0. The van der Waals surface area contributed by atoms with Crippen molar-refractivity contribution in [3.05, 3.63) is 17.8 Å². The summed E-state index contributed by atoms with van der Waals surface area (Å²) in [5.74, 6) is -0.855. The van der Waals surface area contributed by atoms with E-state index in [1.54, 1.807) is 0 Å². The molecule has 1 aromatic heterocycles. The predicted octanol–water partition coefficient (Wildman–Crippen LogP) is 2.36. The van der Waals surface area contributed by atoms with Crippen molar-refractivity contribution in [3.8, 4) is 0 Å². The van der Waals surface area contributed by atoms with Crippen LogP contribution in [-0.4, -0.2) is 35.1 Å². The Morgan fingerprint density at radius 2 is 2.10 bits per heavy atom. The molecule has 0 unspecified atom stereocenters. The van der Waals surface area contributed by atoms with Crippen molar-refractivity contribution in [1.82, 2.24) is 4.98 Å². The highest BCUT2D eigenvalue weighted by Crippen LogP contribution is 2.22. The third-order valence-electron chi connectivity index (χ3n) is 2.88. The maximum Gasteiger partial charge on any atom is 0.339 e. The Balaban J connectivity index is 3.11. The molecule has 0 aromatic carbocycles. The molecule has 0 saturated heterocycles. The average molecular weight is 279 g/mol. The van der Waals surface area contributed by atoms with E-state index in [-0.39, 0.29) is 11.5 Å². The Labute approximate surface area is 118 Å². The van der Waals surface area contributed by atoms with E-state index in [2.05, 4.69) is 17.2 Å². The first kappa shape index (κ1) is 15.9. The number of hydrogen-bond donors (Lipinski definition) is 2. The van der Waals surface area contributed by atoms with Crippen LogP contribution in [0.3, 0.4) is 0 Å². The molecule has 0 spiro atoms. The van der Waals surface area contributed by atoms with E-state index in [0.29, 0.717) is 18.1 Å². The first-order valence-electron chi connectivity index (χ1n) is 6.75. The number of unbranched alkanes of at least 4 members (excludes halogenated alkanes) is 1. The lowest BCUT2D eigenvalue weighted by molar-refractivity contribution is -0.114. The lowest BCUT2D eigenvalue weighted by atomic mass is 10.2. The van der Waals surface area contributed by atoms with Gasteiger partial charge in [0.15, 0.2) is 0 Å². The second kappa shape index (κ2) is 7.47. The Morgan fingerprint density at radius 1 is 1.40 bits per heavy atom. The van der Waals surface area contributed by atoms with Crippen molar-refractivity contribution in [2.45, 2.75) is 33.6 Å². The second-order valence-corrected chi connectivity index (χ2v) is 4.51. The molecule has 0 fully saturated rings. The third kappa shape index (κ3) is 4.22. The Hall–Kier alpha value is -2.11. The summed E-state index contributed by atoms with van der Waals surface area (Å²) in [5, 5.41) is 11.9. The molecule has 1 amide bonds. The molecule has 0 aliphatic rings. The van der Waals surface area contributed by atoms with E-state index < -0.39 is 5.97 Å². The summed E-state index contributed by atoms with van der Waals surface area (Å²) in [5.41, 5.74) is 0.499. The second-order valence-electron chi connectivity index (χ2n) is 4.51. The molecule has 0 atom stereocenters. The number of anilines is 2. The molecular formula is C14H21N3O3. The van der Waals surface area contributed by atoms with Gasteiger partial charge in [-0.15, -0.1) is 0 Å². The van der Waals surface area contributed by atoms with Crippen LogP contribution in [0.2, 0.25) is 0 Å². The Kier molecular flexibility index (Phi) is 5.96. The molecule has 0 aliphatic carbocycles. The topological polar surface area (TPSA) is 82.5 Å². The van der Waals surface area contributed by atoms with Gasteiger partial charge in [0.2, 0.25) is 5.91 Å². The zero-order valence-corrected chi connectivity index (χ0v) is 12.1. The average Bonchev–Trinajstić information content (AvgIpc) is 2.39. The van der Waals surface area contributed by atoms with Crippen molar-refractivity contribution >= 4 is 23.4 Å². The molecule has 0 aliphatic heterocycles. The zero-order chi connectivity index (χ0) is 15.1. The monoisotopic (exact) mass is 279 g/mol. The molecule has 2 N–H and O–H groups in total. The van der Waals surface area contributed by atoms with E-state index in [0.717, 1.165) is 19.4 Å². The standard InChI is InChI=1S/C14H21N3O3/c1-4-6-7-17(5-2)13-12(14(19)20)8-11(9-15-13)16-10(3)18/h8-9H,4-7H2,1-3H3,(H,16,18)(H,19,20). The van der Waals surface area contributed by atoms with Crippen molar-refractivity contribution in [1.29, 1.82) is 0 Å². The van der Waals surface area contributed by atoms with Crippen LogP contribution in [0.5, 0.6) is 0 Å². The minimum Gasteiger partial charge on any atom is -0.478 e. The van der Waals surface area contributed by atoms with Crippen molar-refractivity contribution < 1.29 is 14.7 Å². The number of carbonyl (C=O) groups excluding carboxylic acids is 1. The van der Waals surface area contributed by atoms with Crippen molar-refractivity contribution in [2.24, 2.45) is 0 Å². The number of aromatic carboxylic acids is 1. The van der Waals surface area contributed by atoms with Gasteiger partial charge in [0.05, 0.1) is 11.9 Å². The number of rotatable bonds is 7. The summed E-state index contributed by atoms with van der Waals surface area (Å²) in [6.45, 7) is 6.87. The number of nitrogens with zero attached hydrogens (tertiary/aromatic N) is 2. The molecule has 20 heavy (non-hydrogen) atoms. The van der Waals surface area contributed by atoms with E-state index in [4.69, 9.17) is 0 Å². The van der Waals surface area contributed by atoms with Gasteiger partial charge in [0.1, 0.15) is 11.4 Å². The lowest BCUT2D eigenvalue weighted by Crippen LogP contribution is -2.27. The molecule has 6 heteroatoms. The fourth-order valence-electron chi connectivity index (χ4n) is 1.90. The number of aromatic nitrogens is 1. The van der Waals surface area contributed by atoms with Crippen LogP contribution in [-0.2, 0) is 4.79 Å². The summed E-state index contributed by atoms with van der Waals surface area (Å²) >= 11 is 0. The fraction of sp³-hybridized carbons (Fsp3) is 0.500. The first-order valence-corrected chi connectivity index (χ1v) is 6.75. The van der Waals surface area contributed by atoms with Gasteiger partial charge in [-0.25, -0.2) is 9.78 Å². The van der Waals surface area contributed by atoms with Crippen molar-refractivity contribution in [3.63, 3.8) is 0 Å². The van der Waals surface area contributed by atoms with Gasteiger partial charge in [-0.05, 0) is 19.4 Å². The molecule has 110 valence electrons. The van der Waals surface area contributed by atoms with E-state index in [1.165, 1.54) is 19.2 Å². The third-order valence-corrected chi connectivity index (χ3v) is 2.88. The first-order chi connectivity index (χ1) is 9.49. The highest BCUT2D eigenvalue weighted by Gasteiger charge is 2.17. The van der Waals surface area contributed by atoms with Gasteiger partial charge >= 0.3 is 5.97 Å². The predicted molar refractivity (Wildman–Crippen MR) is 78.3 cm³/mol. The zero-order valence-electron chi connectivity index (χ0n) is 12.1. The van der Waals surface area contributed by atoms with Gasteiger partial charge in [0, 0.05) is 20.0 Å². The Morgan fingerprint density at radius 3 is 2.60 bits per heavy atom. The van der Waals surface area contributed by atoms with Crippen LogP contribution in [0, 0.1) is 0 Å². The smallest absolute Gasteiger partial charge is 0.339 e. The molecule has 0 radical (unpaired) electrons. The minimum absolute atomic E-state index is 0.106. The highest BCUT2D eigenvalue weighted by molar-refractivity contribution is 5.96. The van der Waals surface area contributed by atoms with E-state index in [1.807, 2.05) is 11.8 Å². The quantitative estimate of drug-likeness (QED) is 0.800. The van der Waals surface area contributed by atoms with Crippen LogP contribution < -0.4 is 10.2 Å². The van der Waals surface area contributed by atoms with Crippen LogP contribution in [0.25, 0.3) is 0 Å². The fourth-order valence-corrected chi connectivity index (χ4v) is 1.90. The molecule has 1 heterocycles. The number of carboxylic acid groups (broad SMARTS) is 1. The van der Waals surface area contributed by atoms with Gasteiger partial charge < -0.3 is 15.3 Å². The largest absolute Gasteiger partial charge is 0.478 e. The summed E-state index contributed by atoms with van der Waals surface area (Å²) < 4.78 is 0. The van der Waals surface area contributed by atoms with Gasteiger partial charge in [-0.1, -0.05) is 13.3 Å². The van der Waals surface area contributed by atoms with Gasteiger partial charge in [-0.3, -0.25) is 4.79 Å². The van der Waals surface area contributed by atoms with E-state index >= 15 is 0 Å². The molecular weight excluding hydrogens is 258 g/mol. The molecule has 0 bridgehead atoms. The van der Waals surface area contributed by atoms with Gasteiger partial charge in [-0.2, -0.15) is 0 Å². The van der Waals surface area contributed by atoms with Crippen LogP contribution in [0.4, 0.5) is 11.5 Å². The lowest BCUT2D eigenvalue weighted by Gasteiger charge is -2.23. The van der Waals surface area contributed by atoms with Crippen LogP contribution in [0.15, 0.2) is 12.3 Å². The van der Waals surface area contributed by atoms with Gasteiger partial charge in [0.25, 0.3) is 0 Å². The van der Waals surface area contributed by atoms with Crippen LogP contribution in [0.1, 0.15) is 44.0 Å². The van der Waals surface area contributed by atoms with E-state index in [9.17, 15) is 14.7 Å². The number of pyridine rings is 1. The number of nitrogens with one attached hydrogen (secondary N) is 1. The molecule has 0 saturated carbocycles. The molecule has 1 rings (SSSR count). The summed E-state index contributed by atoms with van der Waals surface area (Å²) in [6.07, 6.45) is 3.49.